The van der Waals surface area contributed by atoms with Crippen molar-refractivity contribution in [3.63, 3.8) is 0 Å². The Morgan fingerprint density at radius 1 is 0.792 bits per heavy atom. The fraction of sp³-hybridized carbons (Fsp3) is 0.455. The first-order valence-electron chi connectivity index (χ1n) is 9.57. The lowest BCUT2D eigenvalue weighted by Gasteiger charge is -2.38. The molecule has 1 unspecified atom stereocenters. The first kappa shape index (κ1) is 19.2. The molecular formula is C22H33Si2. The lowest BCUT2D eigenvalue weighted by atomic mass is 10.3. The van der Waals surface area contributed by atoms with Crippen LogP contribution >= 0.6 is 0 Å². The van der Waals surface area contributed by atoms with E-state index in [4.69, 9.17) is 0 Å². The van der Waals surface area contributed by atoms with Gasteiger partial charge >= 0.3 is 0 Å². The SMILES string of the molecule is CCCC[Si](C)(C)C(CCC)[Si](c1ccccc1)c1ccccc1. The van der Waals surface area contributed by atoms with E-state index < -0.39 is 16.9 Å². The van der Waals surface area contributed by atoms with Crippen LogP contribution in [0.2, 0.25) is 24.3 Å². The largest absolute Gasteiger partial charge is 0.121 e. The molecule has 0 aliphatic carbocycles. The van der Waals surface area contributed by atoms with Gasteiger partial charge in [0.15, 0.2) is 0 Å². The number of unbranched alkanes of at least 4 members (excludes halogenated alkanes) is 1. The highest BCUT2D eigenvalue weighted by atomic mass is 28.4. The summed E-state index contributed by atoms with van der Waals surface area (Å²) in [5, 5.41) is 4.11. The fourth-order valence-electron chi connectivity index (χ4n) is 3.83. The van der Waals surface area contributed by atoms with Gasteiger partial charge in [0.2, 0.25) is 0 Å². The van der Waals surface area contributed by atoms with Gasteiger partial charge in [-0.15, -0.1) is 0 Å². The molecule has 0 heterocycles. The molecule has 0 nitrogen and oxygen atoms in total. The Bertz CT molecular complexity index is 538. The molecule has 0 N–H and O–H groups in total. The minimum Gasteiger partial charge on any atom is -0.0693 e. The number of rotatable bonds is 9. The maximum Gasteiger partial charge on any atom is 0.121 e. The zero-order chi connectivity index (χ0) is 17.4. The Kier molecular flexibility index (Phi) is 7.51. The van der Waals surface area contributed by atoms with E-state index in [1.807, 2.05) is 0 Å². The van der Waals surface area contributed by atoms with Crippen LogP contribution in [-0.2, 0) is 0 Å². The van der Waals surface area contributed by atoms with Gasteiger partial charge in [0.25, 0.3) is 0 Å². The molecule has 2 aromatic rings. The quantitative estimate of drug-likeness (QED) is 0.521. The summed E-state index contributed by atoms with van der Waals surface area (Å²) in [5.41, 5.74) is 0. The van der Waals surface area contributed by atoms with E-state index in [9.17, 15) is 0 Å². The van der Waals surface area contributed by atoms with Crippen LogP contribution in [0, 0.1) is 0 Å². The molecule has 0 bridgehead atoms. The summed E-state index contributed by atoms with van der Waals surface area (Å²) >= 11 is 0. The molecule has 0 amide bonds. The maximum atomic E-state index is 2.65. The van der Waals surface area contributed by atoms with Gasteiger partial charge in [0.1, 0.15) is 8.80 Å². The molecule has 2 heteroatoms. The molecule has 24 heavy (non-hydrogen) atoms. The standard InChI is InChI=1S/C22H33Si2/c1-5-7-19-24(3,4)22(14-6-2)23(20-15-10-8-11-16-20)21-17-12-9-13-18-21/h8-13,15-18,22H,5-7,14,19H2,1-4H3. The zero-order valence-electron chi connectivity index (χ0n) is 15.9. The van der Waals surface area contributed by atoms with Crippen molar-refractivity contribution in [1.82, 2.24) is 0 Å². The van der Waals surface area contributed by atoms with Crippen LogP contribution in [-0.4, -0.2) is 16.9 Å². The number of hydrogen-bond acceptors (Lipinski definition) is 0. The highest BCUT2D eigenvalue weighted by molar-refractivity contribution is 7.00. The van der Waals surface area contributed by atoms with Crippen molar-refractivity contribution in [2.45, 2.75) is 63.8 Å². The minimum atomic E-state index is -1.26. The van der Waals surface area contributed by atoms with E-state index in [1.54, 1.807) is 10.4 Å². The van der Waals surface area contributed by atoms with Gasteiger partial charge in [-0.2, -0.15) is 0 Å². The molecule has 0 saturated carbocycles. The Balaban J connectivity index is 2.46. The third-order valence-corrected chi connectivity index (χ3v) is 15.1. The van der Waals surface area contributed by atoms with Crippen LogP contribution in [0.5, 0.6) is 0 Å². The Morgan fingerprint density at radius 2 is 1.29 bits per heavy atom. The monoisotopic (exact) mass is 353 g/mol. The zero-order valence-corrected chi connectivity index (χ0v) is 17.9. The molecule has 0 aliphatic rings. The van der Waals surface area contributed by atoms with Crippen LogP contribution in [0.4, 0.5) is 0 Å². The topological polar surface area (TPSA) is 0 Å². The normalized spacial score (nSPS) is 13.2. The van der Waals surface area contributed by atoms with Crippen LogP contribution in [0.3, 0.4) is 0 Å². The third-order valence-electron chi connectivity index (χ3n) is 5.21. The van der Waals surface area contributed by atoms with E-state index in [1.165, 1.54) is 31.7 Å². The smallest absolute Gasteiger partial charge is 0.0693 e. The van der Waals surface area contributed by atoms with Crippen molar-refractivity contribution < 1.29 is 0 Å². The minimum absolute atomic E-state index is 0.726. The van der Waals surface area contributed by atoms with Gasteiger partial charge in [-0.3, -0.25) is 0 Å². The second-order valence-electron chi connectivity index (χ2n) is 7.58. The summed E-state index contributed by atoms with van der Waals surface area (Å²) in [6.45, 7) is 10.0. The second kappa shape index (κ2) is 9.38. The maximum absolute atomic E-state index is 2.65. The summed E-state index contributed by atoms with van der Waals surface area (Å²) in [5.74, 6) is 0. The Labute approximate surface area is 151 Å². The van der Waals surface area contributed by atoms with Crippen molar-refractivity contribution in [1.29, 1.82) is 0 Å². The van der Waals surface area contributed by atoms with Crippen LogP contribution < -0.4 is 10.4 Å². The average molecular weight is 354 g/mol. The van der Waals surface area contributed by atoms with Gasteiger partial charge in [0.05, 0.1) is 0 Å². The molecule has 129 valence electrons. The Hall–Kier alpha value is -1.13. The van der Waals surface area contributed by atoms with Crippen LogP contribution in [0.1, 0.15) is 39.5 Å². The van der Waals surface area contributed by atoms with E-state index in [0.29, 0.717) is 0 Å². The highest BCUT2D eigenvalue weighted by Crippen LogP contribution is 2.34. The van der Waals surface area contributed by atoms with E-state index in [0.717, 1.165) is 5.16 Å². The molecule has 2 aromatic carbocycles. The van der Waals surface area contributed by atoms with Gasteiger partial charge in [-0.1, -0.05) is 130 Å². The molecule has 0 aliphatic heterocycles. The number of benzene rings is 2. The third kappa shape index (κ3) is 4.93. The summed E-state index contributed by atoms with van der Waals surface area (Å²) in [4.78, 5) is 0. The second-order valence-corrected chi connectivity index (χ2v) is 16.0. The molecule has 1 radical (unpaired) electrons. The van der Waals surface area contributed by atoms with Crippen molar-refractivity contribution in [3.05, 3.63) is 60.7 Å². The van der Waals surface area contributed by atoms with Gasteiger partial charge in [-0.05, 0) is 5.16 Å². The lowest BCUT2D eigenvalue weighted by Crippen LogP contribution is -2.54. The molecule has 0 aromatic heterocycles. The van der Waals surface area contributed by atoms with Crippen LogP contribution in [0.25, 0.3) is 0 Å². The summed E-state index contributed by atoms with van der Waals surface area (Å²) < 4.78 is 0. The average Bonchev–Trinajstić information content (AvgIpc) is 2.61. The molecule has 0 saturated heterocycles. The Morgan fingerprint density at radius 3 is 1.71 bits per heavy atom. The van der Waals surface area contributed by atoms with Crippen molar-refractivity contribution in [2.24, 2.45) is 0 Å². The molecule has 0 spiro atoms. The predicted molar refractivity (Wildman–Crippen MR) is 114 cm³/mol. The lowest BCUT2D eigenvalue weighted by molar-refractivity contribution is 0.800. The van der Waals surface area contributed by atoms with E-state index in [2.05, 4.69) is 87.6 Å². The summed E-state index contributed by atoms with van der Waals surface area (Å²) in [7, 11) is -1.98. The van der Waals surface area contributed by atoms with Gasteiger partial charge in [0, 0.05) is 8.07 Å². The first-order valence-corrected chi connectivity index (χ1v) is 14.4. The molecule has 0 fully saturated rings. The van der Waals surface area contributed by atoms with Crippen molar-refractivity contribution >= 4 is 27.2 Å². The van der Waals surface area contributed by atoms with E-state index >= 15 is 0 Å². The van der Waals surface area contributed by atoms with Crippen molar-refractivity contribution in [2.75, 3.05) is 0 Å². The summed E-state index contributed by atoms with van der Waals surface area (Å²) in [6, 6.07) is 24.2. The molecule has 1 atom stereocenters. The highest BCUT2D eigenvalue weighted by Gasteiger charge is 2.38. The van der Waals surface area contributed by atoms with Crippen LogP contribution in [0.15, 0.2) is 60.7 Å². The van der Waals surface area contributed by atoms with Gasteiger partial charge < -0.3 is 0 Å². The number of hydrogen-bond donors (Lipinski definition) is 0. The van der Waals surface area contributed by atoms with E-state index in [-0.39, 0.29) is 0 Å². The molecular weight excluding hydrogens is 320 g/mol. The van der Waals surface area contributed by atoms with Gasteiger partial charge in [-0.25, -0.2) is 0 Å². The summed E-state index contributed by atoms with van der Waals surface area (Å²) in [6.07, 6.45) is 5.42. The molecule has 2 rings (SSSR count). The fourth-order valence-corrected chi connectivity index (χ4v) is 13.9. The van der Waals surface area contributed by atoms with Crippen molar-refractivity contribution in [3.8, 4) is 0 Å². The predicted octanol–water partition coefficient (Wildman–Crippen LogP) is 5.51. The first-order chi connectivity index (χ1) is 11.6.